The molecule has 1 rings (SSSR count). The van der Waals surface area contributed by atoms with E-state index in [0.717, 1.165) is 18.7 Å². The lowest BCUT2D eigenvalue weighted by Gasteiger charge is -2.23. The Balaban J connectivity index is 2.54. The monoisotopic (exact) mass is 265 g/mol. The summed E-state index contributed by atoms with van der Waals surface area (Å²) < 4.78 is 0. The number of carbonyl (C=O) groups excluding carboxylic acids is 1. The summed E-state index contributed by atoms with van der Waals surface area (Å²) in [4.78, 5) is 19.8. The Kier molecular flexibility index (Phi) is 6.24. The lowest BCUT2D eigenvalue weighted by Crippen LogP contribution is -2.38. The molecule has 0 radical (unpaired) electrons. The molecule has 1 aromatic heterocycles. The van der Waals surface area contributed by atoms with Gasteiger partial charge in [0.2, 0.25) is 5.91 Å². The molecule has 0 aliphatic carbocycles. The first-order chi connectivity index (χ1) is 9.10. The van der Waals surface area contributed by atoms with Gasteiger partial charge in [-0.1, -0.05) is 0 Å². The lowest BCUT2D eigenvalue weighted by molar-refractivity contribution is -0.131. The molecular formula is C13H23N5O. The minimum Gasteiger partial charge on any atom is -0.342 e. The zero-order valence-corrected chi connectivity index (χ0v) is 11.9. The smallest absolute Gasteiger partial charge is 0.236 e. The number of amides is 1. The van der Waals surface area contributed by atoms with Crippen LogP contribution < -0.4 is 11.3 Å². The molecule has 19 heavy (non-hydrogen) atoms. The van der Waals surface area contributed by atoms with Crippen molar-refractivity contribution in [3.63, 3.8) is 0 Å². The lowest BCUT2D eigenvalue weighted by atomic mass is 10.2. The number of hydrogen-bond donors (Lipinski definition) is 2. The minimum absolute atomic E-state index is 0.152. The molecule has 0 fully saturated rings. The fraction of sp³-hybridized carbons (Fsp3) is 0.538. The molecule has 0 aliphatic heterocycles. The van der Waals surface area contributed by atoms with Crippen LogP contribution in [-0.2, 0) is 11.3 Å². The van der Waals surface area contributed by atoms with Crippen molar-refractivity contribution in [2.45, 2.75) is 20.4 Å². The predicted molar refractivity (Wildman–Crippen MR) is 76.3 cm³/mol. The second-order valence-electron chi connectivity index (χ2n) is 4.43. The maximum absolute atomic E-state index is 12.0. The van der Waals surface area contributed by atoms with E-state index in [1.165, 1.54) is 0 Å². The number of hydrogen-bond acceptors (Lipinski definition) is 5. The second kappa shape index (κ2) is 7.70. The van der Waals surface area contributed by atoms with Crippen LogP contribution >= 0.6 is 0 Å². The summed E-state index contributed by atoms with van der Waals surface area (Å²) in [6, 6.07) is 3.79. The summed E-state index contributed by atoms with van der Waals surface area (Å²) in [6.45, 7) is 6.58. The Morgan fingerprint density at radius 1 is 1.42 bits per heavy atom. The maximum atomic E-state index is 12.0. The molecule has 1 aromatic rings. The normalized spacial score (nSPS) is 10.6. The Hall–Kier alpha value is -1.66. The number of nitrogens with one attached hydrogen (secondary N) is 1. The number of nitrogens with zero attached hydrogens (tertiary/aromatic N) is 3. The average Bonchev–Trinajstić information content (AvgIpc) is 2.40. The molecule has 0 saturated heterocycles. The highest BCUT2D eigenvalue weighted by Crippen LogP contribution is 2.07. The van der Waals surface area contributed by atoms with Gasteiger partial charge < -0.3 is 10.3 Å². The molecular weight excluding hydrogens is 242 g/mol. The third kappa shape index (κ3) is 4.84. The number of rotatable bonds is 7. The van der Waals surface area contributed by atoms with Gasteiger partial charge in [0.1, 0.15) is 5.82 Å². The van der Waals surface area contributed by atoms with E-state index in [1.54, 1.807) is 6.20 Å². The van der Waals surface area contributed by atoms with Crippen molar-refractivity contribution in [3.05, 3.63) is 23.9 Å². The van der Waals surface area contributed by atoms with Crippen molar-refractivity contribution < 1.29 is 4.79 Å². The highest BCUT2D eigenvalue weighted by molar-refractivity contribution is 5.78. The highest BCUT2D eigenvalue weighted by atomic mass is 16.2. The number of nitrogen functional groups attached to an aromatic ring is 1. The molecule has 0 aromatic carbocycles. The van der Waals surface area contributed by atoms with E-state index in [9.17, 15) is 4.79 Å². The van der Waals surface area contributed by atoms with Gasteiger partial charge in [-0.25, -0.2) is 10.8 Å². The first-order valence-electron chi connectivity index (χ1n) is 6.48. The number of likely N-dealkylation sites (N-methyl/N-ethyl adjacent to an activating group) is 2. The maximum Gasteiger partial charge on any atom is 0.236 e. The van der Waals surface area contributed by atoms with Crippen LogP contribution in [0.5, 0.6) is 0 Å². The highest BCUT2D eigenvalue weighted by Gasteiger charge is 2.12. The van der Waals surface area contributed by atoms with Crippen LogP contribution in [0.4, 0.5) is 5.82 Å². The predicted octanol–water partition coefficient (Wildman–Crippen LogP) is 0.667. The molecule has 0 spiro atoms. The minimum atomic E-state index is 0.152. The van der Waals surface area contributed by atoms with Crippen molar-refractivity contribution >= 4 is 11.7 Å². The largest absolute Gasteiger partial charge is 0.342 e. The van der Waals surface area contributed by atoms with Crippen LogP contribution in [0.1, 0.15) is 19.4 Å². The molecule has 0 unspecified atom stereocenters. The van der Waals surface area contributed by atoms with Gasteiger partial charge in [0, 0.05) is 25.8 Å². The van der Waals surface area contributed by atoms with Crippen LogP contribution in [0.2, 0.25) is 0 Å². The van der Waals surface area contributed by atoms with Gasteiger partial charge in [0.15, 0.2) is 0 Å². The van der Waals surface area contributed by atoms with Crippen molar-refractivity contribution in [3.8, 4) is 0 Å². The van der Waals surface area contributed by atoms with E-state index >= 15 is 0 Å². The summed E-state index contributed by atoms with van der Waals surface area (Å²) >= 11 is 0. The molecule has 0 atom stereocenters. The SMILES string of the molecule is CCN(CC)C(=O)CN(C)Cc1ccnc(NN)c1. The Labute approximate surface area is 114 Å². The van der Waals surface area contributed by atoms with Gasteiger partial charge in [-0.15, -0.1) is 0 Å². The molecule has 6 nitrogen and oxygen atoms in total. The van der Waals surface area contributed by atoms with E-state index in [4.69, 9.17) is 5.84 Å². The van der Waals surface area contributed by atoms with Crippen molar-refractivity contribution in [2.75, 3.05) is 32.1 Å². The Morgan fingerprint density at radius 2 is 2.11 bits per heavy atom. The van der Waals surface area contributed by atoms with Crippen LogP contribution in [0.3, 0.4) is 0 Å². The summed E-state index contributed by atoms with van der Waals surface area (Å²) in [5.74, 6) is 6.10. The summed E-state index contributed by atoms with van der Waals surface area (Å²) in [6.07, 6.45) is 1.70. The van der Waals surface area contributed by atoms with Gasteiger partial charge in [-0.3, -0.25) is 9.69 Å². The van der Waals surface area contributed by atoms with Crippen LogP contribution in [0.15, 0.2) is 18.3 Å². The molecule has 1 amide bonds. The van der Waals surface area contributed by atoms with Crippen molar-refractivity contribution in [1.82, 2.24) is 14.8 Å². The summed E-state index contributed by atoms with van der Waals surface area (Å²) in [5, 5.41) is 0. The zero-order valence-electron chi connectivity index (χ0n) is 11.9. The fourth-order valence-electron chi connectivity index (χ4n) is 1.93. The quantitative estimate of drug-likeness (QED) is 0.560. The molecule has 0 aliphatic rings. The average molecular weight is 265 g/mol. The van der Waals surface area contributed by atoms with E-state index in [0.29, 0.717) is 18.9 Å². The van der Waals surface area contributed by atoms with Gasteiger partial charge >= 0.3 is 0 Å². The molecule has 6 heteroatoms. The summed E-state index contributed by atoms with van der Waals surface area (Å²) in [5.41, 5.74) is 3.58. The standard InChI is InChI=1S/C13H23N5O/c1-4-18(5-2)13(19)10-17(3)9-11-6-7-15-12(8-11)16-14/h6-8H,4-5,9-10,14H2,1-3H3,(H,15,16). The molecule has 3 N–H and O–H groups in total. The first-order valence-corrected chi connectivity index (χ1v) is 6.48. The molecule has 0 saturated carbocycles. The Morgan fingerprint density at radius 3 is 2.68 bits per heavy atom. The van der Waals surface area contributed by atoms with Crippen molar-refractivity contribution in [1.29, 1.82) is 0 Å². The number of pyridine rings is 1. The molecule has 106 valence electrons. The van der Waals surface area contributed by atoms with Gasteiger partial charge in [-0.05, 0) is 38.6 Å². The fourth-order valence-corrected chi connectivity index (χ4v) is 1.93. The van der Waals surface area contributed by atoms with Crippen LogP contribution in [0.25, 0.3) is 0 Å². The molecule has 0 bridgehead atoms. The van der Waals surface area contributed by atoms with Crippen molar-refractivity contribution in [2.24, 2.45) is 5.84 Å². The number of hydrazine groups is 1. The van der Waals surface area contributed by atoms with E-state index in [-0.39, 0.29) is 5.91 Å². The van der Waals surface area contributed by atoms with Crippen LogP contribution in [-0.4, -0.2) is 47.4 Å². The zero-order chi connectivity index (χ0) is 14.3. The third-order valence-corrected chi connectivity index (χ3v) is 2.95. The third-order valence-electron chi connectivity index (χ3n) is 2.95. The van der Waals surface area contributed by atoms with Gasteiger partial charge in [0.25, 0.3) is 0 Å². The van der Waals surface area contributed by atoms with Crippen LogP contribution in [0, 0.1) is 0 Å². The summed E-state index contributed by atoms with van der Waals surface area (Å²) in [7, 11) is 1.93. The number of anilines is 1. The molecule has 1 heterocycles. The van der Waals surface area contributed by atoms with Gasteiger partial charge in [-0.2, -0.15) is 0 Å². The number of carbonyl (C=O) groups is 1. The van der Waals surface area contributed by atoms with E-state index < -0.39 is 0 Å². The van der Waals surface area contributed by atoms with E-state index in [1.807, 2.05) is 42.8 Å². The first kappa shape index (κ1) is 15.4. The second-order valence-corrected chi connectivity index (χ2v) is 4.43. The number of nitrogens with two attached hydrogens (primary N) is 1. The van der Waals surface area contributed by atoms with Gasteiger partial charge in [0.05, 0.1) is 6.54 Å². The van der Waals surface area contributed by atoms with E-state index in [2.05, 4.69) is 10.4 Å². The number of aromatic nitrogens is 1. The topological polar surface area (TPSA) is 74.5 Å². The Bertz CT molecular complexity index is 406.